The molecule has 1 aliphatic heterocycles. The van der Waals surface area contributed by atoms with Gasteiger partial charge in [-0.05, 0) is 43.4 Å². The largest absolute Gasteiger partial charge is 0.494 e. The number of rotatable bonds is 7. The highest BCUT2D eigenvalue weighted by atomic mass is 16.5. The van der Waals surface area contributed by atoms with Gasteiger partial charge < -0.3 is 24.6 Å². The molecule has 4 aromatic rings. The number of ether oxygens (including phenoxy) is 1. The Labute approximate surface area is 244 Å². The first kappa shape index (κ1) is 18.8. The summed E-state index contributed by atoms with van der Waals surface area (Å²) in [7, 11) is 3.61. The van der Waals surface area contributed by atoms with Gasteiger partial charge in [-0.1, -0.05) is 36.4 Å². The number of benzene rings is 3. The number of carbonyl (C=O) groups is 2. The van der Waals surface area contributed by atoms with Crippen LogP contribution in [0.15, 0.2) is 77.8 Å². The van der Waals surface area contributed by atoms with Crippen molar-refractivity contribution >= 4 is 39.9 Å². The number of esters is 1. The Balaban J connectivity index is 1.47. The van der Waals surface area contributed by atoms with Crippen LogP contribution < -0.4 is 4.90 Å². The fraction of sp³-hybridized carbons (Fsp3) is 0.258. The second kappa shape index (κ2) is 11.7. The van der Waals surface area contributed by atoms with Crippen molar-refractivity contribution < 1.29 is 30.4 Å². The molecule has 2 N–H and O–H groups in total. The molecule has 9 heteroatoms. The predicted molar refractivity (Wildman–Crippen MR) is 157 cm³/mol. The molecule has 3 aromatic carbocycles. The van der Waals surface area contributed by atoms with Gasteiger partial charge in [0.15, 0.2) is 5.88 Å². The van der Waals surface area contributed by atoms with Gasteiger partial charge in [0.2, 0.25) is 5.91 Å². The third-order valence-electron chi connectivity index (χ3n) is 6.33. The Morgan fingerprint density at radius 3 is 2.40 bits per heavy atom. The SMILES string of the molecule is [2H]C1([2H])N(C)C([2H])([2H])C([2H])([2H])N(CC(=O)N(C)c2ccc(N=C(c3ccccc3)c3c(O)[nH]c4cc(C(=O)OC)ccc34)cc2)C1([2H])[2H]. The van der Waals surface area contributed by atoms with Crippen molar-refractivity contribution in [3.63, 3.8) is 0 Å². The molecule has 0 saturated carbocycles. The van der Waals surface area contributed by atoms with Crippen molar-refractivity contribution in [3.8, 4) is 5.88 Å². The van der Waals surface area contributed by atoms with Gasteiger partial charge in [0.05, 0.1) is 36.2 Å². The highest BCUT2D eigenvalue weighted by Gasteiger charge is 2.21. The quantitative estimate of drug-likeness (QED) is 0.268. The lowest BCUT2D eigenvalue weighted by Crippen LogP contribution is -2.48. The van der Waals surface area contributed by atoms with Gasteiger partial charge in [0.25, 0.3) is 0 Å². The van der Waals surface area contributed by atoms with Crippen molar-refractivity contribution in [2.75, 3.05) is 58.6 Å². The van der Waals surface area contributed by atoms with E-state index in [4.69, 9.17) is 20.7 Å². The lowest BCUT2D eigenvalue weighted by Gasteiger charge is -2.32. The van der Waals surface area contributed by atoms with E-state index in [1.807, 2.05) is 30.3 Å². The molecule has 0 unspecified atom stereocenters. The molecular weight excluding hydrogens is 506 g/mol. The summed E-state index contributed by atoms with van der Waals surface area (Å²) in [6.07, 6.45) is 0. The highest BCUT2D eigenvalue weighted by molar-refractivity contribution is 6.22. The van der Waals surface area contributed by atoms with E-state index in [1.165, 1.54) is 14.2 Å². The summed E-state index contributed by atoms with van der Waals surface area (Å²) in [5.41, 5.74) is 3.02. The van der Waals surface area contributed by atoms with E-state index in [0.717, 1.165) is 11.9 Å². The normalized spacial score (nSPS) is 22.8. The van der Waals surface area contributed by atoms with Gasteiger partial charge in [-0.15, -0.1) is 0 Å². The molecule has 1 aromatic heterocycles. The summed E-state index contributed by atoms with van der Waals surface area (Å²) < 4.78 is 71.0. The minimum atomic E-state index is -3.07. The van der Waals surface area contributed by atoms with E-state index in [2.05, 4.69) is 4.98 Å². The lowest BCUT2D eigenvalue weighted by atomic mass is 10.00. The highest BCUT2D eigenvalue weighted by Crippen LogP contribution is 2.32. The first-order valence-corrected chi connectivity index (χ1v) is 12.3. The second-order valence-corrected chi connectivity index (χ2v) is 8.99. The fourth-order valence-electron chi connectivity index (χ4n) is 4.20. The van der Waals surface area contributed by atoms with Gasteiger partial charge in [-0.2, -0.15) is 0 Å². The Morgan fingerprint density at radius 2 is 1.73 bits per heavy atom. The van der Waals surface area contributed by atoms with Crippen LogP contribution in [0.2, 0.25) is 0 Å². The van der Waals surface area contributed by atoms with Crippen molar-refractivity contribution in [2.45, 2.75) is 0 Å². The van der Waals surface area contributed by atoms with Crippen molar-refractivity contribution in [2.24, 2.45) is 4.99 Å². The number of aromatic nitrogens is 1. The number of H-pyrrole nitrogens is 1. The number of aliphatic imine (C=N–C) groups is 1. The van der Waals surface area contributed by atoms with Crippen LogP contribution in [0.25, 0.3) is 10.9 Å². The van der Waals surface area contributed by atoms with Crippen LogP contribution in [-0.2, 0) is 9.53 Å². The van der Waals surface area contributed by atoms with Crippen molar-refractivity contribution in [3.05, 3.63) is 89.5 Å². The third-order valence-corrected chi connectivity index (χ3v) is 6.33. The Bertz CT molecular complexity index is 1870. The van der Waals surface area contributed by atoms with Crippen LogP contribution in [0.3, 0.4) is 0 Å². The van der Waals surface area contributed by atoms with E-state index in [9.17, 15) is 14.7 Å². The van der Waals surface area contributed by atoms with E-state index < -0.39 is 44.4 Å². The maximum Gasteiger partial charge on any atom is 0.337 e. The maximum atomic E-state index is 13.3. The number of carbonyl (C=O) groups excluding carboxylic acids is 2. The minimum absolute atomic E-state index is 0.172. The predicted octanol–water partition coefficient (Wildman–Crippen LogP) is 4.04. The molecular formula is C31H33N5O4. The Morgan fingerprint density at radius 1 is 1.02 bits per heavy atom. The summed E-state index contributed by atoms with van der Waals surface area (Å²) in [6, 6.07) is 20.3. The summed E-state index contributed by atoms with van der Waals surface area (Å²) in [5.74, 6) is -1.51. The molecule has 2 heterocycles. The van der Waals surface area contributed by atoms with Crippen LogP contribution in [0.1, 0.15) is 32.5 Å². The molecule has 1 fully saturated rings. The van der Waals surface area contributed by atoms with Gasteiger partial charge in [0.1, 0.15) is 0 Å². The van der Waals surface area contributed by atoms with E-state index in [-0.39, 0.29) is 10.8 Å². The number of anilines is 1. The Hall–Kier alpha value is -4.47. The van der Waals surface area contributed by atoms with E-state index in [1.54, 1.807) is 42.5 Å². The van der Waals surface area contributed by atoms with Gasteiger partial charge in [-0.25, -0.2) is 9.79 Å². The standard InChI is InChI=1S/C31H33N5O4/c1-34-15-17-36(18-16-34)20-27(37)35(2)24-12-10-23(11-13-24)32-29(21-7-5-4-6-8-21)28-25-14-9-22(31(39)40-3)19-26(25)33-30(28)38/h4-14,19,33,38H,15-18,20H2,1-3H3/i15D2,16D2,17D2,18D2. The fourth-order valence-corrected chi connectivity index (χ4v) is 4.20. The smallest absolute Gasteiger partial charge is 0.337 e. The average Bonchev–Trinajstić information content (AvgIpc) is 3.39. The number of nitrogens with zero attached hydrogens (tertiary/aromatic N) is 4. The van der Waals surface area contributed by atoms with Crippen LogP contribution in [0.5, 0.6) is 5.88 Å². The van der Waals surface area contributed by atoms with Gasteiger partial charge in [0, 0.05) is 66.2 Å². The summed E-state index contributed by atoms with van der Waals surface area (Å²) >= 11 is 0. The van der Waals surface area contributed by atoms with Crippen molar-refractivity contribution in [1.82, 2.24) is 14.8 Å². The van der Waals surface area contributed by atoms with Crippen LogP contribution in [-0.4, -0.2) is 91.2 Å². The number of piperazine rings is 1. The van der Waals surface area contributed by atoms with E-state index >= 15 is 0 Å². The molecule has 0 atom stereocenters. The van der Waals surface area contributed by atoms with E-state index in [0.29, 0.717) is 49.6 Å². The molecule has 1 aliphatic rings. The molecule has 0 radical (unpaired) electrons. The van der Waals surface area contributed by atoms with Crippen molar-refractivity contribution in [1.29, 1.82) is 0 Å². The summed E-state index contributed by atoms with van der Waals surface area (Å²) in [4.78, 5) is 34.9. The zero-order chi connectivity index (χ0) is 35.4. The number of aromatic amines is 1. The average molecular weight is 548 g/mol. The van der Waals surface area contributed by atoms with Crippen LogP contribution >= 0.6 is 0 Å². The van der Waals surface area contributed by atoms with Crippen LogP contribution in [0.4, 0.5) is 11.4 Å². The molecule has 40 heavy (non-hydrogen) atoms. The number of amides is 1. The minimum Gasteiger partial charge on any atom is -0.494 e. The molecule has 0 aliphatic carbocycles. The number of nitrogens with one attached hydrogen (secondary N) is 1. The number of hydrogen-bond donors (Lipinski definition) is 2. The Kier molecular flexibility index (Phi) is 5.50. The number of fused-ring (bicyclic) bond motifs is 1. The number of likely N-dealkylation sites (N-methyl/N-ethyl adjacent to an activating group) is 2. The molecule has 0 bridgehead atoms. The lowest BCUT2D eigenvalue weighted by molar-refractivity contribution is -0.119. The van der Waals surface area contributed by atoms with Gasteiger partial charge in [-0.3, -0.25) is 9.69 Å². The monoisotopic (exact) mass is 547 g/mol. The molecule has 5 rings (SSSR count). The van der Waals surface area contributed by atoms with Gasteiger partial charge >= 0.3 is 5.97 Å². The molecule has 1 saturated heterocycles. The summed E-state index contributed by atoms with van der Waals surface area (Å²) in [5, 5.41) is 11.6. The zero-order valence-corrected chi connectivity index (χ0v) is 22.1. The number of methoxy groups -OCH3 is 1. The maximum absolute atomic E-state index is 13.3. The molecule has 0 spiro atoms. The molecule has 1 amide bonds. The first-order valence-electron chi connectivity index (χ1n) is 16.3. The molecule has 206 valence electrons. The molecule has 9 nitrogen and oxygen atoms in total. The first-order chi connectivity index (χ1) is 22.4. The number of hydrogen-bond acceptors (Lipinski definition) is 7. The second-order valence-electron chi connectivity index (χ2n) is 8.99. The third kappa shape index (κ3) is 5.75. The van der Waals surface area contributed by atoms with Crippen LogP contribution in [0, 0.1) is 0 Å². The summed E-state index contributed by atoms with van der Waals surface area (Å²) in [6.45, 7) is -13.1. The zero-order valence-electron chi connectivity index (χ0n) is 30.1. The topological polar surface area (TPSA) is 101 Å². The number of aromatic hydroxyl groups is 1.